The Hall–Kier alpha value is -1.19. The van der Waals surface area contributed by atoms with Gasteiger partial charge in [0.1, 0.15) is 11.6 Å². The molecule has 4 nitrogen and oxygen atoms in total. The van der Waals surface area contributed by atoms with Gasteiger partial charge in [-0.15, -0.1) is 0 Å². The molecule has 0 radical (unpaired) electrons. The van der Waals surface area contributed by atoms with Crippen LogP contribution in [0, 0.1) is 34.5 Å². The van der Waals surface area contributed by atoms with Crippen LogP contribution >= 0.6 is 0 Å². The molecule has 3 saturated carbocycles. The number of carbonyl (C=O) groups excluding carboxylic acids is 2. The van der Waals surface area contributed by atoms with E-state index in [4.69, 9.17) is 0 Å². The third-order valence-electron chi connectivity index (χ3n) is 6.50. The SMILES string of the molecule is C[C@H]1C(=O)C[C@H]2[C@@]3(C)CC[C@@]2([C@@H](C)C(=O)O)C(=O)[C@H]13. The van der Waals surface area contributed by atoms with Crippen LogP contribution in [0.1, 0.15) is 40.0 Å². The van der Waals surface area contributed by atoms with Crippen LogP contribution in [-0.2, 0) is 14.4 Å². The Balaban J connectivity index is 2.16. The van der Waals surface area contributed by atoms with Gasteiger partial charge in [0, 0.05) is 23.7 Å². The summed E-state index contributed by atoms with van der Waals surface area (Å²) in [6.45, 7) is 5.57. The van der Waals surface area contributed by atoms with E-state index in [-0.39, 0.29) is 34.7 Å². The van der Waals surface area contributed by atoms with Gasteiger partial charge in [0.2, 0.25) is 0 Å². The molecule has 3 rings (SSSR count). The van der Waals surface area contributed by atoms with Crippen LogP contribution in [0.3, 0.4) is 0 Å². The van der Waals surface area contributed by atoms with Gasteiger partial charge in [-0.25, -0.2) is 0 Å². The van der Waals surface area contributed by atoms with E-state index in [2.05, 4.69) is 6.92 Å². The Kier molecular flexibility index (Phi) is 2.34. The van der Waals surface area contributed by atoms with E-state index in [1.165, 1.54) is 0 Å². The Bertz CT molecular complexity index is 496. The minimum absolute atomic E-state index is 0.0551. The van der Waals surface area contributed by atoms with Gasteiger partial charge >= 0.3 is 5.97 Å². The van der Waals surface area contributed by atoms with Crippen molar-refractivity contribution in [2.45, 2.75) is 40.0 Å². The number of ketones is 2. The summed E-state index contributed by atoms with van der Waals surface area (Å²) in [5.74, 6) is -1.96. The number of carboxylic acids is 1. The van der Waals surface area contributed by atoms with Crippen molar-refractivity contribution in [2.75, 3.05) is 0 Å². The van der Waals surface area contributed by atoms with Crippen LogP contribution in [0.4, 0.5) is 0 Å². The van der Waals surface area contributed by atoms with Crippen molar-refractivity contribution in [3.8, 4) is 0 Å². The summed E-state index contributed by atoms with van der Waals surface area (Å²) in [4.78, 5) is 36.4. The van der Waals surface area contributed by atoms with Crippen LogP contribution in [-0.4, -0.2) is 22.6 Å². The van der Waals surface area contributed by atoms with E-state index in [0.717, 1.165) is 6.42 Å². The zero-order valence-electron chi connectivity index (χ0n) is 11.6. The molecule has 0 amide bonds. The molecule has 3 aliphatic rings. The minimum Gasteiger partial charge on any atom is -0.481 e. The first kappa shape index (κ1) is 12.8. The Morgan fingerprint density at radius 3 is 2.58 bits per heavy atom. The lowest BCUT2D eigenvalue weighted by Gasteiger charge is -2.40. The van der Waals surface area contributed by atoms with Crippen LogP contribution in [0.2, 0.25) is 0 Å². The highest BCUT2D eigenvalue weighted by Crippen LogP contribution is 2.72. The predicted octanol–water partition coefficient (Wildman–Crippen LogP) is 1.92. The van der Waals surface area contributed by atoms with E-state index >= 15 is 0 Å². The second-order valence-corrected chi connectivity index (χ2v) is 6.96. The molecule has 6 atom stereocenters. The van der Waals surface area contributed by atoms with Gasteiger partial charge in [-0.3, -0.25) is 14.4 Å². The molecular formula is C15H20O4. The van der Waals surface area contributed by atoms with E-state index < -0.39 is 17.3 Å². The first-order valence-electron chi connectivity index (χ1n) is 7.06. The maximum Gasteiger partial charge on any atom is 0.307 e. The zero-order valence-corrected chi connectivity index (χ0v) is 11.6. The summed E-state index contributed by atoms with van der Waals surface area (Å²) in [6, 6.07) is 0. The summed E-state index contributed by atoms with van der Waals surface area (Å²) in [5.41, 5.74) is -0.945. The van der Waals surface area contributed by atoms with Crippen molar-refractivity contribution in [2.24, 2.45) is 34.5 Å². The van der Waals surface area contributed by atoms with Crippen LogP contribution in [0.5, 0.6) is 0 Å². The van der Waals surface area contributed by atoms with Crippen molar-refractivity contribution in [1.82, 2.24) is 0 Å². The van der Waals surface area contributed by atoms with Gasteiger partial charge in [0.25, 0.3) is 0 Å². The van der Waals surface area contributed by atoms with Gasteiger partial charge in [-0.1, -0.05) is 20.8 Å². The van der Waals surface area contributed by atoms with Crippen molar-refractivity contribution < 1.29 is 19.5 Å². The quantitative estimate of drug-likeness (QED) is 0.827. The smallest absolute Gasteiger partial charge is 0.307 e. The fraction of sp³-hybridized carbons (Fsp3) is 0.800. The van der Waals surface area contributed by atoms with E-state index in [1.54, 1.807) is 6.92 Å². The standard InChI is InChI=1S/C15H20O4/c1-7-9(16)6-10-14(3)4-5-15(10,8(2)13(18)19)12(17)11(7)14/h7-8,10-11H,4-6H2,1-3H3,(H,18,19)/t7-,8-,10-,11-,14+,15-/m0/s1. The van der Waals surface area contributed by atoms with Gasteiger partial charge in [0.05, 0.1) is 5.92 Å². The Morgan fingerprint density at radius 1 is 1.37 bits per heavy atom. The minimum atomic E-state index is -0.912. The molecule has 0 aromatic heterocycles. The van der Waals surface area contributed by atoms with Gasteiger partial charge in [0.15, 0.2) is 0 Å². The van der Waals surface area contributed by atoms with Crippen LogP contribution in [0.25, 0.3) is 0 Å². The molecule has 19 heavy (non-hydrogen) atoms. The molecule has 0 aromatic carbocycles. The summed E-state index contributed by atoms with van der Waals surface area (Å²) in [5, 5.41) is 9.37. The molecule has 0 spiro atoms. The molecule has 0 aromatic rings. The maximum absolute atomic E-state index is 12.9. The summed E-state index contributed by atoms with van der Waals surface area (Å²) in [6.07, 6.45) is 1.90. The van der Waals surface area contributed by atoms with Crippen LogP contribution < -0.4 is 0 Å². The molecular weight excluding hydrogens is 244 g/mol. The number of hydrogen-bond acceptors (Lipinski definition) is 3. The van der Waals surface area contributed by atoms with Crippen LogP contribution in [0.15, 0.2) is 0 Å². The molecule has 4 bridgehead atoms. The molecule has 3 aliphatic carbocycles. The monoisotopic (exact) mass is 264 g/mol. The van der Waals surface area contributed by atoms with Crippen molar-refractivity contribution >= 4 is 17.5 Å². The molecule has 0 unspecified atom stereocenters. The molecule has 0 aliphatic heterocycles. The maximum atomic E-state index is 12.9. The fourth-order valence-corrected chi connectivity index (χ4v) is 5.41. The normalized spacial score (nSPS) is 49.5. The molecule has 1 N–H and O–H groups in total. The zero-order chi connectivity index (χ0) is 14.2. The first-order valence-corrected chi connectivity index (χ1v) is 7.06. The second-order valence-electron chi connectivity index (χ2n) is 6.96. The number of Topliss-reactive ketones (excluding diaryl/α,β-unsaturated/α-hetero) is 2. The van der Waals surface area contributed by atoms with E-state index in [9.17, 15) is 19.5 Å². The molecule has 104 valence electrons. The average molecular weight is 264 g/mol. The predicted molar refractivity (Wildman–Crippen MR) is 67.3 cm³/mol. The second kappa shape index (κ2) is 3.47. The van der Waals surface area contributed by atoms with Crippen molar-refractivity contribution in [3.05, 3.63) is 0 Å². The van der Waals surface area contributed by atoms with E-state index in [1.807, 2.05) is 6.92 Å². The Morgan fingerprint density at radius 2 is 2.00 bits per heavy atom. The number of aliphatic carboxylic acids is 1. The molecule has 0 heterocycles. The van der Waals surface area contributed by atoms with Gasteiger partial charge in [-0.2, -0.15) is 0 Å². The number of carbonyl (C=O) groups is 3. The first-order chi connectivity index (χ1) is 8.76. The largest absolute Gasteiger partial charge is 0.481 e. The highest BCUT2D eigenvalue weighted by atomic mass is 16.4. The lowest BCUT2D eigenvalue weighted by atomic mass is 9.62. The van der Waals surface area contributed by atoms with Gasteiger partial charge in [-0.05, 0) is 24.2 Å². The summed E-state index contributed by atoms with van der Waals surface area (Å²) in [7, 11) is 0. The number of rotatable bonds is 2. The van der Waals surface area contributed by atoms with Crippen molar-refractivity contribution in [1.29, 1.82) is 0 Å². The summed E-state index contributed by atoms with van der Waals surface area (Å²) < 4.78 is 0. The fourth-order valence-electron chi connectivity index (χ4n) is 5.41. The molecule has 0 saturated heterocycles. The average Bonchev–Trinajstić information content (AvgIpc) is 2.69. The highest BCUT2D eigenvalue weighted by molar-refractivity contribution is 6.02. The number of carboxylic acid groups (broad SMARTS) is 1. The lowest BCUT2D eigenvalue weighted by Crippen LogP contribution is -2.43. The Labute approximate surface area is 112 Å². The van der Waals surface area contributed by atoms with Gasteiger partial charge < -0.3 is 5.11 Å². The lowest BCUT2D eigenvalue weighted by molar-refractivity contribution is -0.152. The van der Waals surface area contributed by atoms with Crippen molar-refractivity contribution in [3.63, 3.8) is 0 Å². The summed E-state index contributed by atoms with van der Waals surface area (Å²) >= 11 is 0. The molecule has 3 fully saturated rings. The van der Waals surface area contributed by atoms with E-state index in [0.29, 0.717) is 12.8 Å². The number of hydrogen-bond donors (Lipinski definition) is 1. The third-order valence-corrected chi connectivity index (χ3v) is 6.50. The molecule has 4 heteroatoms. The third kappa shape index (κ3) is 1.18. The highest BCUT2D eigenvalue weighted by Gasteiger charge is 2.75. The topological polar surface area (TPSA) is 71.4 Å².